The molecule has 0 radical (unpaired) electrons. The maximum absolute atomic E-state index is 12.7. The number of nitrogens with one attached hydrogen (secondary N) is 1. The summed E-state index contributed by atoms with van der Waals surface area (Å²) in [6.45, 7) is 7.00. The zero-order valence-electron chi connectivity index (χ0n) is 15.4. The molecule has 0 atom stereocenters. The smallest absolute Gasteiger partial charge is 0.227 e. The molecule has 3 rings (SSSR count). The van der Waals surface area contributed by atoms with Crippen molar-refractivity contribution in [1.29, 1.82) is 0 Å². The number of carbonyl (C=O) groups excluding carboxylic acids is 1. The largest absolute Gasteiger partial charge is 0.464 e. The first kappa shape index (κ1) is 19.8. The molecule has 0 spiro atoms. The highest BCUT2D eigenvalue weighted by atomic mass is 35.5. The topological polar surface area (TPSA) is 45.5 Å². The van der Waals surface area contributed by atoms with Gasteiger partial charge in [0.1, 0.15) is 5.58 Å². The Bertz CT molecular complexity index is 718. The Morgan fingerprint density at radius 2 is 2.00 bits per heavy atom. The molecule has 1 aliphatic rings. The van der Waals surface area contributed by atoms with Crippen LogP contribution in [0.15, 0.2) is 22.8 Å². The lowest BCUT2D eigenvalue weighted by Crippen LogP contribution is -2.39. The molecule has 138 valence electrons. The predicted molar refractivity (Wildman–Crippen MR) is 104 cm³/mol. The Morgan fingerprint density at radius 3 is 2.68 bits per heavy atom. The second-order valence-corrected chi connectivity index (χ2v) is 7.04. The molecule has 1 aromatic heterocycles. The number of halogens is 1. The fraction of sp³-hybridized carbons (Fsp3) is 0.550. The van der Waals surface area contributed by atoms with Crippen LogP contribution in [0.25, 0.3) is 11.0 Å². The quantitative estimate of drug-likeness (QED) is 0.876. The second kappa shape index (κ2) is 8.72. The fourth-order valence-corrected chi connectivity index (χ4v) is 3.62. The van der Waals surface area contributed by atoms with Crippen LogP contribution in [0.1, 0.15) is 36.0 Å². The van der Waals surface area contributed by atoms with E-state index >= 15 is 0 Å². The van der Waals surface area contributed by atoms with Gasteiger partial charge in [-0.2, -0.15) is 0 Å². The molecule has 0 bridgehead atoms. The van der Waals surface area contributed by atoms with Gasteiger partial charge in [-0.15, -0.1) is 12.4 Å². The van der Waals surface area contributed by atoms with Crippen LogP contribution in [0.5, 0.6) is 0 Å². The number of piperidine rings is 1. The van der Waals surface area contributed by atoms with E-state index in [0.29, 0.717) is 6.42 Å². The minimum atomic E-state index is 0. The van der Waals surface area contributed by atoms with Crippen LogP contribution in [0.3, 0.4) is 0 Å². The number of hydrogen-bond acceptors (Lipinski definition) is 3. The van der Waals surface area contributed by atoms with Gasteiger partial charge in [0, 0.05) is 24.0 Å². The Hall–Kier alpha value is -1.52. The second-order valence-electron chi connectivity index (χ2n) is 7.04. The lowest BCUT2D eigenvalue weighted by molar-refractivity contribution is -0.131. The predicted octanol–water partition coefficient (Wildman–Crippen LogP) is 3.86. The third kappa shape index (κ3) is 4.36. The van der Waals surface area contributed by atoms with Crippen molar-refractivity contribution in [2.75, 3.05) is 26.7 Å². The minimum absolute atomic E-state index is 0. The van der Waals surface area contributed by atoms with Crippen LogP contribution in [0.4, 0.5) is 0 Å². The van der Waals surface area contributed by atoms with Crippen molar-refractivity contribution in [1.82, 2.24) is 10.2 Å². The molecular weight excluding hydrogens is 336 g/mol. The van der Waals surface area contributed by atoms with Crippen LogP contribution in [-0.2, 0) is 11.2 Å². The Labute approximate surface area is 156 Å². The van der Waals surface area contributed by atoms with Crippen molar-refractivity contribution in [3.63, 3.8) is 0 Å². The summed E-state index contributed by atoms with van der Waals surface area (Å²) in [6, 6.07) is 4.18. The van der Waals surface area contributed by atoms with Crippen LogP contribution < -0.4 is 5.32 Å². The van der Waals surface area contributed by atoms with Gasteiger partial charge in [-0.05, 0) is 63.7 Å². The van der Waals surface area contributed by atoms with Gasteiger partial charge in [-0.1, -0.05) is 12.1 Å². The van der Waals surface area contributed by atoms with E-state index in [4.69, 9.17) is 4.42 Å². The van der Waals surface area contributed by atoms with Gasteiger partial charge in [0.2, 0.25) is 5.91 Å². The third-order valence-electron chi connectivity index (χ3n) is 5.45. The van der Waals surface area contributed by atoms with Crippen molar-refractivity contribution in [3.8, 4) is 0 Å². The molecule has 1 aromatic carbocycles. The monoisotopic (exact) mass is 364 g/mol. The number of likely N-dealkylation sites (tertiary alicyclic amines) is 1. The van der Waals surface area contributed by atoms with Crippen LogP contribution in [0, 0.1) is 19.8 Å². The van der Waals surface area contributed by atoms with Gasteiger partial charge in [0.05, 0.1) is 12.7 Å². The molecule has 5 heteroatoms. The average Bonchev–Trinajstić information content (AvgIpc) is 3.00. The van der Waals surface area contributed by atoms with Gasteiger partial charge in [0.15, 0.2) is 0 Å². The number of carbonyl (C=O) groups is 1. The highest BCUT2D eigenvalue weighted by Gasteiger charge is 2.23. The number of hydrogen-bond donors (Lipinski definition) is 1. The van der Waals surface area contributed by atoms with Gasteiger partial charge < -0.3 is 14.6 Å². The molecule has 2 heterocycles. The number of aryl methyl sites for hydroxylation is 2. The van der Waals surface area contributed by atoms with Crippen molar-refractivity contribution >= 4 is 29.3 Å². The van der Waals surface area contributed by atoms with E-state index in [1.165, 1.54) is 12.0 Å². The molecule has 1 N–H and O–H groups in total. The number of rotatable bonds is 5. The average molecular weight is 365 g/mol. The summed E-state index contributed by atoms with van der Waals surface area (Å²) < 4.78 is 5.73. The lowest BCUT2D eigenvalue weighted by atomic mass is 9.93. The van der Waals surface area contributed by atoms with Crippen molar-refractivity contribution < 1.29 is 9.21 Å². The Balaban J connectivity index is 0.00000225. The summed E-state index contributed by atoms with van der Waals surface area (Å²) in [5, 5.41) is 4.29. The van der Waals surface area contributed by atoms with Gasteiger partial charge in [-0.3, -0.25) is 4.79 Å². The van der Waals surface area contributed by atoms with Crippen LogP contribution in [-0.4, -0.2) is 37.5 Å². The summed E-state index contributed by atoms with van der Waals surface area (Å²) in [5.41, 5.74) is 4.31. The molecule has 1 fully saturated rings. The Morgan fingerprint density at radius 1 is 1.28 bits per heavy atom. The van der Waals surface area contributed by atoms with Gasteiger partial charge in [-0.25, -0.2) is 0 Å². The number of benzene rings is 1. The molecule has 1 saturated heterocycles. The molecule has 0 saturated carbocycles. The SMILES string of the molecule is CNCCC1CCN(C(=O)Cc2coc3c(C)c(C)ccc23)CC1.Cl. The third-order valence-corrected chi connectivity index (χ3v) is 5.45. The molecule has 0 unspecified atom stereocenters. The zero-order chi connectivity index (χ0) is 17.1. The fourth-order valence-electron chi connectivity index (χ4n) is 3.62. The normalized spacial score (nSPS) is 15.4. The highest BCUT2D eigenvalue weighted by molar-refractivity contribution is 5.89. The van der Waals surface area contributed by atoms with Crippen molar-refractivity contribution in [2.45, 2.75) is 39.5 Å². The number of amides is 1. The minimum Gasteiger partial charge on any atom is -0.464 e. The number of furan rings is 1. The maximum Gasteiger partial charge on any atom is 0.227 e. The van der Waals surface area contributed by atoms with Crippen molar-refractivity contribution in [3.05, 3.63) is 35.1 Å². The molecule has 2 aromatic rings. The van der Waals surface area contributed by atoms with Crippen LogP contribution in [0.2, 0.25) is 0 Å². The lowest BCUT2D eigenvalue weighted by Gasteiger charge is -2.32. The van der Waals surface area contributed by atoms with E-state index in [-0.39, 0.29) is 18.3 Å². The molecule has 1 amide bonds. The summed E-state index contributed by atoms with van der Waals surface area (Å²) in [4.78, 5) is 14.7. The molecule has 25 heavy (non-hydrogen) atoms. The van der Waals surface area contributed by atoms with Gasteiger partial charge in [0.25, 0.3) is 0 Å². The van der Waals surface area contributed by atoms with Gasteiger partial charge >= 0.3 is 0 Å². The van der Waals surface area contributed by atoms with E-state index < -0.39 is 0 Å². The zero-order valence-corrected chi connectivity index (χ0v) is 16.2. The van der Waals surface area contributed by atoms with E-state index in [0.717, 1.165) is 60.5 Å². The number of fused-ring (bicyclic) bond motifs is 1. The van der Waals surface area contributed by atoms with Crippen LogP contribution >= 0.6 is 12.4 Å². The molecule has 1 aliphatic heterocycles. The van der Waals surface area contributed by atoms with E-state index in [1.54, 1.807) is 6.26 Å². The molecule has 0 aliphatic carbocycles. The first-order valence-electron chi connectivity index (χ1n) is 8.98. The summed E-state index contributed by atoms with van der Waals surface area (Å²) in [7, 11) is 2.00. The Kier molecular flexibility index (Phi) is 6.91. The summed E-state index contributed by atoms with van der Waals surface area (Å²) in [6.07, 6.45) is 5.66. The first-order valence-corrected chi connectivity index (χ1v) is 8.98. The maximum atomic E-state index is 12.7. The first-order chi connectivity index (χ1) is 11.6. The highest BCUT2D eigenvalue weighted by Crippen LogP contribution is 2.27. The van der Waals surface area contributed by atoms with E-state index in [9.17, 15) is 4.79 Å². The van der Waals surface area contributed by atoms with Crippen molar-refractivity contribution in [2.24, 2.45) is 5.92 Å². The van der Waals surface area contributed by atoms with E-state index in [2.05, 4.69) is 31.3 Å². The summed E-state index contributed by atoms with van der Waals surface area (Å²) in [5.74, 6) is 0.977. The molecule has 4 nitrogen and oxygen atoms in total. The summed E-state index contributed by atoms with van der Waals surface area (Å²) >= 11 is 0. The van der Waals surface area contributed by atoms with E-state index in [1.807, 2.05) is 11.9 Å². The molecular formula is C20H29ClN2O2. The standard InChI is InChI=1S/C20H28N2O2.ClH/c1-14-4-5-18-17(13-24-20(18)15(14)2)12-19(23)22-10-7-16(8-11-22)6-9-21-3;/h4-5,13,16,21H,6-12H2,1-3H3;1H. The number of nitrogens with zero attached hydrogens (tertiary/aromatic N) is 1.